The number of nitrogens with zero attached hydrogens (tertiary/aromatic N) is 6. The van der Waals surface area contributed by atoms with Crippen LogP contribution in [0.4, 0.5) is 11.4 Å². The van der Waals surface area contributed by atoms with Crippen molar-refractivity contribution in [1.82, 2.24) is 24.7 Å². The lowest BCUT2D eigenvalue weighted by atomic mass is 10.1. The Kier molecular flexibility index (Phi) is 8.44. The van der Waals surface area contributed by atoms with E-state index in [4.69, 9.17) is 38.8 Å². The van der Waals surface area contributed by atoms with Crippen molar-refractivity contribution < 1.29 is 4.74 Å². The van der Waals surface area contributed by atoms with E-state index in [-0.39, 0.29) is 6.01 Å². The molecule has 0 bridgehead atoms. The van der Waals surface area contributed by atoms with Crippen molar-refractivity contribution >= 4 is 41.4 Å². The lowest BCUT2D eigenvalue weighted by Crippen LogP contribution is -2.22. The van der Waals surface area contributed by atoms with Gasteiger partial charge in [0.05, 0.1) is 18.1 Å². The molecule has 2 heterocycles. The van der Waals surface area contributed by atoms with E-state index in [2.05, 4.69) is 58.4 Å². The van der Waals surface area contributed by atoms with E-state index in [0.29, 0.717) is 23.1 Å². The van der Waals surface area contributed by atoms with Crippen LogP contribution < -0.4 is 9.64 Å². The molecule has 0 saturated heterocycles. The highest BCUT2D eigenvalue weighted by Gasteiger charge is 2.17. The highest BCUT2D eigenvalue weighted by Crippen LogP contribution is 2.27. The van der Waals surface area contributed by atoms with E-state index >= 15 is 0 Å². The Morgan fingerprint density at radius 3 is 2.21 bits per heavy atom. The standard InChI is InChI=1S/C33H28ClN7OS/c1-24-12-14-25(15-13-24)22-42-32-38-40(23-39(29-8-4-2-5-9-29)30-10-6-3-7-11-30)33(43)41(32)36-21-27-20-35-37-31(27)26-16-18-28(34)19-17-26/h2-21H,22-23H2,1H3,(H,35,37)/b36-21+. The van der Waals surface area contributed by atoms with Gasteiger partial charge in [-0.1, -0.05) is 90.0 Å². The molecule has 0 unspecified atom stereocenters. The number of hydrogen-bond acceptors (Lipinski definition) is 6. The van der Waals surface area contributed by atoms with Gasteiger partial charge in [-0.2, -0.15) is 14.9 Å². The number of aromatic amines is 1. The van der Waals surface area contributed by atoms with Gasteiger partial charge in [-0.15, -0.1) is 5.10 Å². The molecule has 0 saturated carbocycles. The van der Waals surface area contributed by atoms with Gasteiger partial charge in [0.15, 0.2) is 0 Å². The van der Waals surface area contributed by atoms with Gasteiger partial charge in [0.25, 0.3) is 0 Å². The minimum Gasteiger partial charge on any atom is -0.457 e. The van der Waals surface area contributed by atoms with Crippen LogP contribution in [0, 0.1) is 11.7 Å². The highest BCUT2D eigenvalue weighted by atomic mass is 35.5. The van der Waals surface area contributed by atoms with Crippen LogP contribution >= 0.6 is 23.8 Å². The predicted molar refractivity (Wildman–Crippen MR) is 174 cm³/mol. The second-order valence-corrected chi connectivity index (χ2v) is 10.6. The summed E-state index contributed by atoms with van der Waals surface area (Å²) in [5.41, 5.74) is 6.71. The third-order valence-electron chi connectivity index (χ3n) is 6.80. The second-order valence-electron chi connectivity index (χ2n) is 9.84. The summed E-state index contributed by atoms with van der Waals surface area (Å²) in [6.45, 7) is 2.71. The van der Waals surface area contributed by atoms with E-state index in [1.165, 1.54) is 10.2 Å². The maximum Gasteiger partial charge on any atom is 0.338 e. The number of benzene rings is 4. The lowest BCUT2D eigenvalue weighted by molar-refractivity contribution is 0.267. The Morgan fingerprint density at radius 2 is 1.56 bits per heavy atom. The number of para-hydroxylation sites is 2. The molecule has 8 nitrogen and oxygen atoms in total. The summed E-state index contributed by atoms with van der Waals surface area (Å²) in [5.74, 6) is 0. The van der Waals surface area contributed by atoms with E-state index in [9.17, 15) is 0 Å². The molecule has 0 atom stereocenters. The van der Waals surface area contributed by atoms with Crippen molar-refractivity contribution in [2.75, 3.05) is 4.90 Å². The molecule has 0 spiro atoms. The number of halogens is 1. The zero-order chi connectivity index (χ0) is 29.6. The molecular weight excluding hydrogens is 578 g/mol. The average Bonchev–Trinajstić information content (AvgIpc) is 3.63. The zero-order valence-electron chi connectivity index (χ0n) is 23.3. The summed E-state index contributed by atoms with van der Waals surface area (Å²) in [6, 6.07) is 36.2. The summed E-state index contributed by atoms with van der Waals surface area (Å²) in [7, 11) is 0. The van der Waals surface area contributed by atoms with Gasteiger partial charge in [0.1, 0.15) is 13.3 Å². The number of rotatable bonds is 10. The zero-order valence-corrected chi connectivity index (χ0v) is 24.9. The van der Waals surface area contributed by atoms with Gasteiger partial charge < -0.3 is 9.64 Å². The average molecular weight is 606 g/mol. The molecule has 0 aliphatic carbocycles. The Morgan fingerprint density at radius 1 is 0.907 bits per heavy atom. The van der Waals surface area contributed by atoms with Crippen molar-refractivity contribution in [2.24, 2.45) is 5.10 Å². The first-order valence-electron chi connectivity index (χ1n) is 13.6. The Labute approximate surface area is 259 Å². The normalized spacial score (nSPS) is 11.2. The molecule has 2 aromatic heterocycles. The molecule has 4 aromatic carbocycles. The maximum absolute atomic E-state index is 6.21. The summed E-state index contributed by atoms with van der Waals surface area (Å²) < 4.78 is 9.84. The van der Waals surface area contributed by atoms with Crippen LogP contribution in [0.5, 0.6) is 6.01 Å². The summed E-state index contributed by atoms with van der Waals surface area (Å²) in [6.07, 6.45) is 3.40. The van der Waals surface area contributed by atoms with Crippen molar-refractivity contribution in [3.8, 4) is 17.3 Å². The first kappa shape index (κ1) is 28.1. The van der Waals surface area contributed by atoms with Crippen LogP contribution in [-0.4, -0.2) is 30.9 Å². The van der Waals surface area contributed by atoms with Crippen LogP contribution in [0.15, 0.2) is 120 Å². The molecule has 1 N–H and O–H groups in total. The highest BCUT2D eigenvalue weighted by molar-refractivity contribution is 7.71. The topological polar surface area (TPSA) is 76.3 Å². The lowest BCUT2D eigenvalue weighted by Gasteiger charge is -2.24. The van der Waals surface area contributed by atoms with Crippen LogP contribution in [-0.2, 0) is 13.3 Å². The van der Waals surface area contributed by atoms with E-state index in [1.54, 1.807) is 17.1 Å². The fourth-order valence-corrected chi connectivity index (χ4v) is 4.87. The molecule has 0 radical (unpaired) electrons. The van der Waals surface area contributed by atoms with Crippen LogP contribution in [0.2, 0.25) is 5.02 Å². The van der Waals surface area contributed by atoms with Crippen molar-refractivity contribution in [1.29, 1.82) is 0 Å². The summed E-state index contributed by atoms with van der Waals surface area (Å²) in [4.78, 5) is 2.13. The van der Waals surface area contributed by atoms with Crippen molar-refractivity contribution in [2.45, 2.75) is 20.2 Å². The van der Waals surface area contributed by atoms with Gasteiger partial charge in [-0.25, -0.2) is 4.68 Å². The molecule has 0 aliphatic heterocycles. The van der Waals surface area contributed by atoms with Gasteiger partial charge in [-0.3, -0.25) is 5.10 Å². The summed E-state index contributed by atoms with van der Waals surface area (Å²) in [5, 5.41) is 17.4. The largest absolute Gasteiger partial charge is 0.457 e. The fraction of sp³-hybridized carbons (Fsp3) is 0.0909. The van der Waals surface area contributed by atoms with Crippen LogP contribution in [0.1, 0.15) is 16.7 Å². The monoisotopic (exact) mass is 605 g/mol. The SMILES string of the molecule is Cc1ccc(COc2nn(CN(c3ccccc3)c3ccccc3)c(=S)n2/N=C/c2cn[nH]c2-c2ccc(Cl)cc2)cc1. The number of aromatic nitrogens is 5. The van der Waals surface area contributed by atoms with E-state index < -0.39 is 0 Å². The smallest absolute Gasteiger partial charge is 0.338 e. The molecule has 0 fully saturated rings. The Hall–Kier alpha value is -4.99. The van der Waals surface area contributed by atoms with Crippen LogP contribution in [0.3, 0.4) is 0 Å². The third kappa shape index (κ3) is 6.58. The quantitative estimate of drug-likeness (QED) is 0.126. The molecule has 6 rings (SSSR count). The Balaban J connectivity index is 1.36. The number of H-pyrrole nitrogens is 1. The number of hydrogen-bond donors (Lipinski definition) is 1. The van der Waals surface area contributed by atoms with Crippen molar-refractivity contribution in [3.63, 3.8) is 0 Å². The number of nitrogens with one attached hydrogen (secondary N) is 1. The summed E-state index contributed by atoms with van der Waals surface area (Å²) >= 11 is 12.0. The molecule has 0 amide bonds. The molecule has 10 heteroatoms. The minimum absolute atomic E-state index is 0.277. The number of anilines is 2. The van der Waals surface area contributed by atoms with Gasteiger partial charge >= 0.3 is 6.01 Å². The predicted octanol–water partition coefficient (Wildman–Crippen LogP) is 8.02. The van der Waals surface area contributed by atoms with E-state index in [0.717, 1.165) is 33.8 Å². The first-order valence-corrected chi connectivity index (χ1v) is 14.4. The van der Waals surface area contributed by atoms with Gasteiger partial charge in [0.2, 0.25) is 4.77 Å². The molecule has 0 aliphatic rings. The van der Waals surface area contributed by atoms with Gasteiger partial charge in [-0.05, 0) is 61.1 Å². The second kappa shape index (κ2) is 12.9. The van der Waals surface area contributed by atoms with Gasteiger partial charge in [0, 0.05) is 27.5 Å². The fourth-order valence-electron chi connectivity index (χ4n) is 4.52. The number of ether oxygens (including phenoxy) is 1. The maximum atomic E-state index is 6.21. The third-order valence-corrected chi connectivity index (χ3v) is 7.44. The molecule has 214 valence electrons. The van der Waals surface area contributed by atoms with E-state index in [1.807, 2.05) is 72.8 Å². The van der Waals surface area contributed by atoms with Crippen LogP contribution in [0.25, 0.3) is 11.3 Å². The number of aryl methyl sites for hydroxylation is 1. The Bertz CT molecular complexity index is 1840. The molecule has 6 aromatic rings. The first-order chi connectivity index (χ1) is 21.0. The molecular formula is C33H28ClN7OS. The minimum atomic E-state index is 0.277. The molecule has 43 heavy (non-hydrogen) atoms. The van der Waals surface area contributed by atoms with Crippen molar-refractivity contribution in [3.05, 3.63) is 142 Å².